The van der Waals surface area contributed by atoms with E-state index in [4.69, 9.17) is 0 Å². The number of rotatable bonds is 4. The van der Waals surface area contributed by atoms with Crippen molar-refractivity contribution in [3.8, 4) is 0 Å². The van der Waals surface area contributed by atoms with Gasteiger partial charge in [-0.3, -0.25) is 0 Å². The van der Waals surface area contributed by atoms with Gasteiger partial charge in [-0.2, -0.15) is 0 Å². The van der Waals surface area contributed by atoms with Gasteiger partial charge in [0.15, 0.2) is 0 Å². The van der Waals surface area contributed by atoms with Gasteiger partial charge in [0.05, 0.1) is 0 Å². The van der Waals surface area contributed by atoms with E-state index < -0.39 is 23.4 Å². The Labute approximate surface area is 130 Å². The van der Waals surface area contributed by atoms with E-state index in [1.54, 1.807) is 12.1 Å². The van der Waals surface area contributed by atoms with Crippen molar-refractivity contribution in [1.29, 1.82) is 0 Å². The minimum Gasteiger partial charge on any atom is -0.480 e. The van der Waals surface area contributed by atoms with Crippen LogP contribution in [0, 0.1) is 5.82 Å². The molecule has 2 amide bonds. The number of nitrogens with one attached hydrogen (secondary N) is 2. The van der Waals surface area contributed by atoms with Crippen LogP contribution in [0.1, 0.15) is 31.2 Å². The number of carbonyl (C=O) groups is 2. The minimum atomic E-state index is -1.19. The summed E-state index contributed by atoms with van der Waals surface area (Å²) >= 11 is 3.23. The molecule has 21 heavy (non-hydrogen) atoms. The number of urea groups is 1. The van der Waals surface area contributed by atoms with Crippen LogP contribution in [0.25, 0.3) is 0 Å². The van der Waals surface area contributed by atoms with Gasteiger partial charge in [0, 0.05) is 16.6 Å². The fourth-order valence-electron chi connectivity index (χ4n) is 2.49. The minimum absolute atomic E-state index is 0.00714. The molecule has 1 aliphatic rings. The summed E-state index contributed by atoms with van der Waals surface area (Å²) in [5.74, 6) is -1.45. The Bertz CT molecular complexity index is 559. The molecule has 0 saturated heterocycles. The molecule has 1 aliphatic carbocycles. The monoisotopic (exact) mass is 358 g/mol. The summed E-state index contributed by atoms with van der Waals surface area (Å²) in [6.45, 7) is -0.00714. The van der Waals surface area contributed by atoms with E-state index in [0.29, 0.717) is 22.9 Å². The van der Waals surface area contributed by atoms with Crippen molar-refractivity contribution >= 4 is 27.9 Å². The van der Waals surface area contributed by atoms with Gasteiger partial charge in [0.25, 0.3) is 0 Å². The van der Waals surface area contributed by atoms with E-state index in [2.05, 4.69) is 26.6 Å². The Morgan fingerprint density at radius 2 is 2.00 bits per heavy atom. The lowest BCUT2D eigenvalue weighted by atomic mass is 9.98. The second-order valence-electron chi connectivity index (χ2n) is 5.14. The average molecular weight is 359 g/mol. The molecule has 0 spiro atoms. The summed E-state index contributed by atoms with van der Waals surface area (Å²) in [7, 11) is 0. The van der Waals surface area contributed by atoms with Crippen LogP contribution in [-0.4, -0.2) is 22.6 Å². The summed E-state index contributed by atoms with van der Waals surface area (Å²) in [5, 5.41) is 14.3. The van der Waals surface area contributed by atoms with Crippen LogP contribution in [0.4, 0.5) is 9.18 Å². The molecule has 0 heterocycles. The molecular formula is C14H16BrFN2O3. The molecule has 0 aliphatic heterocycles. The number of carboxylic acid groups (broad SMARTS) is 1. The van der Waals surface area contributed by atoms with Crippen molar-refractivity contribution in [1.82, 2.24) is 10.6 Å². The second kappa shape index (κ2) is 6.43. The van der Waals surface area contributed by atoms with E-state index in [1.165, 1.54) is 6.07 Å². The molecule has 5 nitrogen and oxygen atoms in total. The highest BCUT2D eigenvalue weighted by Crippen LogP contribution is 2.29. The van der Waals surface area contributed by atoms with E-state index in [0.717, 1.165) is 12.8 Å². The lowest BCUT2D eigenvalue weighted by molar-refractivity contribution is -0.144. The largest absolute Gasteiger partial charge is 0.480 e. The van der Waals surface area contributed by atoms with E-state index in [9.17, 15) is 19.1 Å². The van der Waals surface area contributed by atoms with Gasteiger partial charge in [-0.1, -0.05) is 28.8 Å². The van der Waals surface area contributed by atoms with Crippen LogP contribution < -0.4 is 10.6 Å². The summed E-state index contributed by atoms with van der Waals surface area (Å²) in [6, 6.07) is 3.84. The quantitative estimate of drug-likeness (QED) is 0.774. The molecule has 0 unspecified atom stereocenters. The first-order valence-corrected chi connectivity index (χ1v) is 7.46. The molecule has 0 bridgehead atoms. The summed E-state index contributed by atoms with van der Waals surface area (Å²) < 4.78 is 14.2. The van der Waals surface area contributed by atoms with E-state index >= 15 is 0 Å². The van der Waals surface area contributed by atoms with Crippen molar-refractivity contribution in [3.05, 3.63) is 34.1 Å². The molecule has 0 radical (unpaired) electrons. The average Bonchev–Trinajstić information content (AvgIpc) is 2.89. The normalized spacial score (nSPS) is 16.5. The summed E-state index contributed by atoms with van der Waals surface area (Å²) in [4.78, 5) is 23.2. The Hall–Kier alpha value is -1.63. The molecule has 1 saturated carbocycles. The molecule has 1 aromatic carbocycles. The SMILES string of the molecule is O=C(NCc1cc(Br)ccc1F)NC1(C(=O)O)CCCC1. The Balaban J connectivity index is 1.96. The Kier molecular flexibility index (Phi) is 4.82. The second-order valence-corrected chi connectivity index (χ2v) is 6.05. The number of halogens is 2. The molecule has 1 aromatic rings. The van der Waals surface area contributed by atoms with Gasteiger partial charge in [0.2, 0.25) is 0 Å². The van der Waals surface area contributed by atoms with Gasteiger partial charge in [-0.15, -0.1) is 0 Å². The fraction of sp³-hybridized carbons (Fsp3) is 0.429. The van der Waals surface area contributed by atoms with Gasteiger partial charge in [-0.05, 0) is 31.0 Å². The molecule has 0 aromatic heterocycles. The highest BCUT2D eigenvalue weighted by molar-refractivity contribution is 9.10. The molecular weight excluding hydrogens is 343 g/mol. The highest BCUT2D eigenvalue weighted by atomic mass is 79.9. The third-order valence-corrected chi connectivity index (χ3v) is 4.16. The van der Waals surface area contributed by atoms with Crippen LogP contribution in [-0.2, 0) is 11.3 Å². The van der Waals surface area contributed by atoms with Gasteiger partial charge < -0.3 is 15.7 Å². The smallest absolute Gasteiger partial charge is 0.329 e. The highest BCUT2D eigenvalue weighted by Gasteiger charge is 2.42. The first-order valence-electron chi connectivity index (χ1n) is 6.66. The van der Waals surface area contributed by atoms with Crippen LogP contribution in [0.5, 0.6) is 0 Å². The topological polar surface area (TPSA) is 78.4 Å². The zero-order valence-corrected chi connectivity index (χ0v) is 12.9. The predicted molar refractivity (Wildman–Crippen MR) is 78.3 cm³/mol. The molecule has 0 atom stereocenters. The van der Waals surface area contributed by atoms with Gasteiger partial charge in [-0.25, -0.2) is 14.0 Å². The van der Waals surface area contributed by atoms with Crippen LogP contribution in [0.15, 0.2) is 22.7 Å². The zero-order chi connectivity index (χ0) is 15.5. The van der Waals surface area contributed by atoms with Crippen LogP contribution in [0.2, 0.25) is 0 Å². The summed E-state index contributed by atoms with van der Waals surface area (Å²) in [5.41, 5.74) is -0.866. The Morgan fingerprint density at radius 1 is 1.33 bits per heavy atom. The summed E-state index contributed by atoms with van der Waals surface area (Å²) in [6.07, 6.45) is 2.38. The number of carbonyl (C=O) groups excluding carboxylic acids is 1. The zero-order valence-electron chi connectivity index (χ0n) is 11.3. The van der Waals surface area contributed by atoms with Gasteiger partial charge >= 0.3 is 12.0 Å². The standard InChI is InChI=1S/C14H16BrFN2O3/c15-10-3-4-11(16)9(7-10)8-17-13(21)18-14(12(19)20)5-1-2-6-14/h3-4,7H,1-2,5-6,8H2,(H,19,20)(H2,17,18,21). The molecule has 7 heteroatoms. The lowest BCUT2D eigenvalue weighted by Gasteiger charge is -2.25. The third kappa shape index (κ3) is 3.72. The van der Waals surface area contributed by atoms with Crippen molar-refractivity contribution < 1.29 is 19.1 Å². The van der Waals surface area contributed by atoms with Crippen LogP contribution >= 0.6 is 15.9 Å². The number of amides is 2. The maximum Gasteiger partial charge on any atom is 0.329 e. The van der Waals surface area contributed by atoms with Gasteiger partial charge in [0.1, 0.15) is 11.4 Å². The molecule has 1 fully saturated rings. The van der Waals surface area contributed by atoms with Crippen molar-refractivity contribution in [3.63, 3.8) is 0 Å². The third-order valence-electron chi connectivity index (χ3n) is 3.67. The van der Waals surface area contributed by atoms with Crippen molar-refractivity contribution in [2.24, 2.45) is 0 Å². The number of hydrogen-bond donors (Lipinski definition) is 3. The van der Waals surface area contributed by atoms with E-state index in [-0.39, 0.29) is 6.54 Å². The number of hydrogen-bond acceptors (Lipinski definition) is 2. The first-order chi connectivity index (χ1) is 9.93. The molecule has 2 rings (SSSR count). The number of aliphatic carboxylic acids is 1. The lowest BCUT2D eigenvalue weighted by Crippen LogP contribution is -2.55. The fourth-order valence-corrected chi connectivity index (χ4v) is 2.90. The maximum atomic E-state index is 13.5. The maximum absolute atomic E-state index is 13.5. The molecule has 3 N–H and O–H groups in total. The number of carboxylic acids is 1. The van der Waals surface area contributed by atoms with Crippen molar-refractivity contribution in [2.75, 3.05) is 0 Å². The number of benzene rings is 1. The van der Waals surface area contributed by atoms with Crippen molar-refractivity contribution in [2.45, 2.75) is 37.8 Å². The predicted octanol–water partition coefficient (Wildman–Crippen LogP) is 2.78. The van der Waals surface area contributed by atoms with Crippen LogP contribution in [0.3, 0.4) is 0 Å². The van der Waals surface area contributed by atoms with E-state index in [1.807, 2.05) is 0 Å². The first kappa shape index (κ1) is 15.8. The Morgan fingerprint density at radius 3 is 2.62 bits per heavy atom. The molecule has 114 valence electrons.